The third kappa shape index (κ3) is 2.58. The second-order valence-electron chi connectivity index (χ2n) is 4.11. The number of nitrogens with zero attached hydrogens (tertiary/aromatic N) is 2. The number of Topliss-reactive ketones (excluding diaryl/α,β-unsaturated/α-hetero) is 1. The zero-order valence-corrected chi connectivity index (χ0v) is 11.3. The van der Waals surface area contributed by atoms with Crippen molar-refractivity contribution < 1.29 is 4.79 Å². The van der Waals surface area contributed by atoms with Crippen molar-refractivity contribution in [3.05, 3.63) is 39.3 Å². The maximum atomic E-state index is 12.2. The number of rotatable bonds is 4. The summed E-state index contributed by atoms with van der Waals surface area (Å²) >= 11 is 7.61. The third-order valence-corrected chi connectivity index (χ3v) is 3.46. The monoisotopic (exact) mass is 268 g/mol. The van der Waals surface area contributed by atoms with Gasteiger partial charge in [0, 0.05) is 12.5 Å². The molecule has 17 heavy (non-hydrogen) atoms. The van der Waals surface area contributed by atoms with Crippen LogP contribution in [-0.4, -0.2) is 15.6 Å². The highest BCUT2D eigenvalue weighted by Gasteiger charge is 2.19. The predicted molar refractivity (Wildman–Crippen MR) is 70.0 cm³/mol. The molecule has 2 heterocycles. The smallest absolute Gasteiger partial charge is 0.186 e. The average molecular weight is 269 g/mol. The first-order chi connectivity index (χ1) is 8.09. The molecule has 2 aromatic rings. The Balaban J connectivity index is 2.27. The van der Waals surface area contributed by atoms with E-state index in [2.05, 4.69) is 5.10 Å². The van der Waals surface area contributed by atoms with Crippen molar-refractivity contribution in [1.29, 1.82) is 0 Å². The van der Waals surface area contributed by atoms with E-state index in [4.69, 9.17) is 11.6 Å². The van der Waals surface area contributed by atoms with Crippen LogP contribution in [0.4, 0.5) is 0 Å². The van der Waals surface area contributed by atoms with Gasteiger partial charge in [-0.1, -0.05) is 11.6 Å². The molecular formula is C12H13ClN2OS. The van der Waals surface area contributed by atoms with Gasteiger partial charge in [0.2, 0.25) is 0 Å². The van der Waals surface area contributed by atoms with Crippen molar-refractivity contribution in [2.75, 3.05) is 0 Å². The average Bonchev–Trinajstić information content (AvgIpc) is 2.86. The second-order valence-corrected chi connectivity index (χ2v) is 5.30. The summed E-state index contributed by atoms with van der Waals surface area (Å²) in [4.78, 5) is 12.2. The first-order valence-electron chi connectivity index (χ1n) is 5.37. The minimum atomic E-state index is 0.0135. The Labute approximate surface area is 109 Å². The molecular weight excluding hydrogens is 256 g/mol. The zero-order valence-electron chi connectivity index (χ0n) is 9.68. The molecule has 2 rings (SSSR count). The maximum Gasteiger partial charge on any atom is 0.186 e. The molecule has 0 bridgehead atoms. The normalized spacial score (nSPS) is 11.1. The van der Waals surface area contributed by atoms with Crippen LogP contribution in [0.2, 0.25) is 5.02 Å². The van der Waals surface area contributed by atoms with Crippen LogP contribution in [0.3, 0.4) is 0 Å². The number of aromatic nitrogens is 2. The molecule has 3 nitrogen and oxygen atoms in total. The SMILES string of the molecule is CC(C)n1ncc(Cl)c1C(=O)Cc1ccsc1. The summed E-state index contributed by atoms with van der Waals surface area (Å²) < 4.78 is 1.68. The highest BCUT2D eigenvalue weighted by Crippen LogP contribution is 2.21. The van der Waals surface area contributed by atoms with Crippen molar-refractivity contribution in [1.82, 2.24) is 9.78 Å². The van der Waals surface area contributed by atoms with Gasteiger partial charge in [-0.05, 0) is 36.2 Å². The fraction of sp³-hybridized carbons (Fsp3) is 0.333. The van der Waals surface area contributed by atoms with Crippen LogP contribution in [0.5, 0.6) is 0 Å². The van der Waals surface area contributed by atoms with Gasteiger partial charge in [-0.25, -0.2) is 0 Å². The first-order valence-corrected chi connectivity index (χ1v) is 6.69. The van der Waals surface area contributed by atoms with Crippen LogP contribution in [-0.2, 0) is 6.42 Å². The van der Waals surface area contributed by atoms with Gasteiger partial charge >= 0.3 is 0 Å². The largest absolute Gasteiger partial charge is 0.292 e. The highest BCUT2D eigenvalue weighted by atomic mass is 35.5. The summed E-state index contributed by atoms with van der Waals surface area (Å²) in [6.07, 6.45) is 1.91. The molecule has 0 saturated carbocycles. The number of ketones is 1. The fourth-order valence-electron chi connectivity index (χ4n) is 1.66. The van der Waals surface area contributed by atoms with Crippen LogP contribution in [0, 0.1) is 0 Å². The standard InChI is InChI=1S/C12H13ClN2OS/c1-8(2)15-12(10(13)6-14-15)11(16)5-9-3-4-17-7-9/h3-4,6-8H,5H2,1-2H3. The van der Waals surface area contributed by atoms with Gasteiger partial charge in [0.25, 0.3) is 0 Å². The van der Waals surface area contributed by atoms with E-state index in [9.17, 15) is 4.79 Å². The Morgan fingerprint density at radius 2 is 2.35 bits per heavy atom. The summed E-state index contributed by atoms with van der Waals surface area (Å²) in [7, 11) is 0. The minimum Gasteiger partial charge on any atom is -0.292 e. The molecule has 5 heteroatoms. The summed E-state index contributed by atoms with van der Waals surface area (Å²) in [6, 6.07) is 2.08. The van der Waals surface area contributed by atoms with Gasteiger partial charge in [-0.15, -0.1) is 0 Å². The Bertz CT molecular complexity index is 517. The predicted octanol–water partition coefficient (Wildman–Crippen LogP) is 3.60. The molecule has 0 spiro atoms. The van der Waals surface area contributed by atoms with Crippen molar-refractivity contribution in [3.63, 3.8) is 0 Å². The Kier molecular flexibility index (Phi) is 3.64. The van der Waals surface area contributed by atoms with Crippen molar-refractivity contribution >= 4 is 28.7 Å². The number of thiophene rings is 1. The van der Waals surface area contributed by atoms with Crippen LogP contribution >= 0.6 is 22.9 Å². The quantitative estimate of drug-likeness (QED) is 0.794. The fourth-order valence-corrected chi connectivity index (χ4v) is 2.56. The lowest BCUT2D eigenvalue weighted by Crippen LogP contribution is -2.14. The van der Waals surface area contributed by atoms with Crippen molar-refractivity contribution in [2.24, 2.45) is 0 Å². The Hall–Kier alpha value is -1.13. The summed E-state index contributed by atoms with van der Waals surface area (Å²) in [5.41, 5.74) is 1.53. The molecule has 0 aliphatic rings. The molecule has 0 aliphatic heterocycles. The number of halogens is 1. The van der Waals surface area contributed by atoms with E-state index in [1.165, 1.54) is 6.20 Å². The van der Waals surface area contributed by atoms with Gasteiger partial charge in [0.15, 0.2) is 5.78 Å². The lowest BCUT2D eigenvalue weighted by atomic mass is 10.1. The van der Waals surface area contributed by atoms with E-state index in [0.29, 0.717) is 17.1 Å². The molecule has 0 amide bonds. The molecule has 0 radical (unpaired) electrons. The molecule has 2 aromatic heterocycles. The molecule has 0 N–H and O–H groups in total. The molecule has 0 saturated heterocycles. The lowest BCUT2D eigenvalue weighted by molar-refractivity contribution is 0.0981. The van der Waals surface area contributed by atoms with Gasteiger partial charge in [-0.3, -0.25) is 9.48 Å². The molecule has 0 fully saturated rings. The summed E-state index contributed by atoms with van der Waals surface area (Å²) in [6.45, 7) is 3.95. The molecule has 90 valence electrons. The minimum absolute atomic E-state index is 0.0135. The van der Waals surface area contributed by atoms with E-state index in [1.807, 2.05) is 30.7 Å². The maximum absolute atomic E-state index is 12.2. The molecule has 0 aromatic carbocycles. The van der Waals surface area contributed by atoms with Gasteiger partial charge in [-0.2, -0.15) is 16.4 Å². The first kappa shape index (κ1) is 12.3. The number of carbonyl (C=O) groups excluding carboxylic acids is 1. The van der Waals surface area contributed by atoms with Gasteiger partial charge < -0.3 is 0 Å². The van der Waals surface area contributed by atoms with Crippen LogP contribution in [0.15, 0.2) is 23.0 Å². The molecule has 0 aliphatic carbocycles. The number of hydrogen-bond acceptors (Lipinski definition) is 3. The number of hydrogen-bond donors (Lipinski definition) is 0. The molecule has 0 unspecified atom stereocenters. The highest BCUT2D eigenvalue weighted by molar-refractivity contribution is 7.08. The molecule has 0 atom stereocenters. The van der Waals surface area contributed by atoms with Crippen LogP contribution in [0.1, 0.15) is 35.9 Å². The second kappa shape index (κ2) is 5.02. The Morgan fingerprint density at radius 3 is 2.94 bits per heavy atom. The van der Waals surface area contributed by atoms with Crippen molar-refractivity contribution in [3.8, 4) is 0 Å². The zero-order chi connectivity index (χ0) is 12.4. The lowest BCUT2D eigenvalue weighted by Gasteiger charge is -2.10. The van der Waals surface area contributed by atoms with E-state index in [1.54, 1.807) is 16.0 Å². The van der Waals surface area contributed by atoms with Crippen LogP contribution < -0.4 is 0 Å². The van der Waals surface area contributed by atoms with Crippen molar-refractivity contribution in [2.45, 2.75) is 26.3 Å². The number of carbonyl (C=O) groups is 1. The third-order valence-electron chi connectivity index (χ3n) is 2.45. The van der Waals surface area contributed by atoms with E-state index >= 15 is 0 Å². The van der Waals surface area contributed by atoms with E-state index < -0.39 is 0 Å². The Morgan fingerprint density at radius 1 is 1.59 bits per heavy atom. The van der Waals surface area contributed by atoms with Crippen LogP contribution in [0.25, 0.3) is 0 Å². The summed E-state index contributed by atoms with van der Waals surface area (Å²) in [5.74, 6) is 0.0135. The van der Waals surface area contributed by atoms with E-state index in [-0.39, 0.29) is 11.8 Å². The van der Waals surface area contributed by atoms with E-state index in [0.717, 1.165) is 5.56 Å². The van der Waals surface area contributed by atoms with Gasteiger partial charge in [0.05, 0.1) is 11.2 Å². The summed E-state index contributed by atoms with van der Waals surface area (Å²) in [5, 5.41) is 8.50. The van der Waals surface area contributed by atoms with Gasteiger partial charge in [0.1, 0.15) is 5.69 Å². The topological polar surface area (TPSA) is 34.9 Å².